The minimum absolute atomic E-state index is 0.262. The van der Waals surface area contributed by atoms with Gasteiger partial charge in [-0.05, 0) is 48.8 Å². The van der Waals surface area contributed by atoms with Crippen molar-refractivity contribution in [3.63, 3.8) is 0 Å². The van der Waals surface area contributed by atoms with Gasteiger partial charge in [0.25, 0.3) is 0 Å². The van der Waals surface area contributed by atoms with Crippen LogP contribution in [-0.2, 0) is 11.3 Å². The average Bonchev–Trinajstić information content (AvgIpc) is 2.59. The van der Waals surface area contributed by atoms with E-state index in [1.807, 2.05) is 18.2 Å². The molecule has 0 spiro atoms. The van der Waals surface area contributed by atoms with Crippen LogP contribution in [-0.4, -0.2) is 41.9 Å². The van der Waals surface area contributed by atoms with Gasteiger partial charge in [0.1, 0.15) is 0 Å². The lowest BCUT2D eigenvalue weighted by Gasteiger charge is -2.48. The molecule has 2 fully saturated rings. The summed E-state index contributed by atoms with van der Waals surface area (Å²) < 4.78 is 5.44. The largest absolute Gasteiger partial charge is 0.389 e. The molecule has 124 valence electrons. The van der Waals surface area contributed by atoms with Gasteiger partial charge in [-0.15, -0.1) is 0 Å². The Morgan fingerprint density at radius 2 is 2.17 bits per heavy atom. The number of aliphatic hydroxyl groups is 1. The quantitative estimate of drug-likeness (QED) is 0.931. The molecule has 2 atom stereocenters. The molecule has 0 aromatic heterocycles. The van der Waals surface area contributed by atoms with Crippen LogP contribution in [0.2, 0.25) is 0 Å². The van der Waals surface area contributed by atoms with Crippen molar-refractivity contribution in [2.75, 3.05) is 26.3 Å². The third-order valence-corrected chi connectivity index (χ3v) is 5.60. The first-order valence-corrected chi connectivity index (χ1v) is 8.63. The van der Waals surface area contributed by atoms with E-state index in [1.54, 1.807) is 0 Å². The number of rotatable bonds is 3. The van der Waals surface area contributed by atoms with E-state index in [0.717, 1.165) is 52.1 Å². The molecule has 0 unspecified atom stereocenters. The summed E-state index contributed by atoms with van der Waals surface area (Å²) >= 11 is 0. The van der Waals surface area contributed by atoms with Gasteiger partial charge in [0.2, 0.25) is 0 Å². The smallest absolute Gasteiger partial charge is 0.0991 e. The lowest BCUT2D eigenvalue weighted by Crippen LogP contribution is -2.55. The Kier molecular flexibility index (Phi) is 5.01. The molecule has 3 rings (SSSR count). The van der Waals surface area contributed by atoms with E-state index in [-0.39, 0.29) is 5.92 Å². The van der Waals surface area contributed by atoms with Crippen molar-refractivity contribution in [3.8, 4) is 6.07 Å². The summed E-state index contributed by atoms with van der Waals surface area (Å²) in [6, 6.07) is 10.0. The lowest BCUT2D eigenvalue weighted by atomic mass is 9.70. The molecule has 2 aliphatic rings. The second kappa shape index (κ2) is 7.00. The van der Waals surface area contributed by atoms with Crippen molar-refractivity contribution in [1.82, 2.24) is 4.90 Å². The van der Waals surface area contributed by atoms with Crippen LogP contribution in [0.15, 0.2) is 24.3 Å². The Bertz CT molecular complexity index is 577. The molecule has 1 aromatic rings. The van der Waals surface area contributed by atoms with Gasteiger partial charge in [0.05, 0.1) is 17.2 Å². The monoisotopic (exact) mass is 314 g/mol. The first kappa shape index (κ1) is 16.4. The zero-order valence-corrected chi connectivity index (χ0v) is 13.9. The number of hydrogen-bond donors (Lipinski definition) is 1. The summed E-state index contributed by atoms with van der Waals surface area (Å²) in [7, 11) is 0. The Morgan fingerprint density at radius 1 is 1.39 bits per heavy atom. The summed E-state index contributed by atoms with van der Waals surface area (Å²) in [5, 5.41) is 20.2. The van der Waals surface area contributed by atoms with E-state index in [2.05, 4.69) is 24.0 Å². The van der Waals surface area contributed by atoms with Crippen LogP contribution >= 0.6 is 0 Å². The number of likely N-dealkylation sites (tertiary alicyclic amines) is 1. The fraction of sp³-hybridized carbons (Fsp3) is 0.632. The maximum Gasteiger partial charge on any atom is 0.0991 e. The van der Waals surface area contributed by atoms with Crippen LogP contribution in [0, 0.1) is 23.2 Å². The number of piperidine rings is 1. The molecule has 23 heavy (non-hydrogen) atoms. The zero-order chi connectivity index (χ0) is 16.3. The minimum Gasteiger partial charge on any atom is -0.389 e. The maximum absolute atomic E-state index is 11.2. The van der Waals surface area contributed by atoms with Crippen LogP contribution in [0.4, 0.5) is 0 Å². The van der Waals surface area contributed by atoms with Gasteiger partial charge in [-0.3, -0.25) is 4.90 Å². The molecule has 0 saturated carbocycles. The highest BCUT2D eigenvalue weighted by atomic mass is 16.5. The van der Waals surface area contributed by atoms with E-state index < -0.39 is 5.60 Å². The van der Waals surface area contributed by atoms with E-state index in [0.29, 0.717) is 11.5 Å². The van der Waals surface area contributed by atoms with Crippen molar-refractivity contribution in [2.24, 2.45) is 11.8 Å². The van der Waals surface area contributed by atoms with Crippen LogP contribution < -0.4 is 0 Å². The molecule has 2 aliphatic heterocycles. The SMILES string of the molecule is C[C@@H]1CN(Cc2cccc(C#N)c2)CC[C@@]1(O)C1CCOCC1. The molecule has 0 aliphatic carbocycles. The molecule has 2 saturated heterocycles. The fourth-order valence-corrected chi connectivity index (χ4v) is 4.17. The van der Waals surface area contributed by atoms with Crippen molar-refractivity contribution in [2.45, 2.75) is 38.3 Å². The molecule has 0 amide bonds. The van der Waals surface area contributed by atoms with Gasteiger partial charge in [-0.25, -0.2) is 0 Å². The van der Waals surface area contributed by atoms with Gasteiger partial charge in [0, 0.05) is 32.8 Å². The Morgan fingerprint density at radius 3 is 2.87 bits per heavy atom. The third-order valence-electron chi connectivity index (χ3n) is 5.60. The van der Waals surface area contributed by atoms with Crippen molar-refractivity contribution in [3.05, 3.63) is 35.4 Å². The van der Waals surface area contributed by atoms with Crippen LogP contribution in [0.3, 0.4) is 0 Å². The van der Waals surface area contributed by atoms with E-state index in [1.165, 1.54) is 5.56 Å². The highest BCUT2D eigenvalue weighted by Gasteiger charge is 2.45. The first-order valence-electron chi connectivity index (χ1n) is 8.63. The predicted octanol–water partition coefficient (Wildman–Crippen LogP) is 2.56. The van der Waals surface area contributed by atoms with Gasteiger partial charge >= 0.3 is 0 Å². The predicted molar refractivity (Wildman–Crippen MR) is 88.7 cm³/mol. The van der Waals surface area contributed by atoms with E-state index in [9.17, 15) is 5.11 Å². The topological polar surface area (TPSA) is 56.5 Å². The van der Waals surface area contributed by atoms with Crippen LogP contribution in [0.5, 0.6) is 0 Å². The van der Waals surface area contributed by atoms with Gasteiger partial charge in [0.15, 0.2) is 0 Å². The van der Waals surface area contributed by atoms with Crippen molar-refractivity contribution in [1.29, 1.82) is 5.26 Å². The molecular formula is C19H26N2O2. The molecule has 2 heterocycles. The first-order chi connectivity index (χ1) is 11.1. The summed E-state index contributed by atoms with van der Waals surface area (Å²) in [6.07, 6.45) is 2.78. The molecule has 0 bridgehead atoms. The molecule has 0 radical (unpaired) electrons. The molecule has 1 aromatic carbocycles. The Balaban J connectivity index is 1.62. The van der Waals surface area contributed by atoms with Crippen LogP contribution in [0.25, 0.3) is 0 Å². The van der Waals surface area contributed by atoms with Gasteiger partial charge < -0.3 is 9.84 Å². The van der Waals surface area contributed by atoms with Crippen molar-refractivity contribution < 1.29 is 9.84 Å². The Hall–Kier alpha value is -1.41. The second-order valence-corrected chi connectivity index (χ2v) is 7.08. The molecule has 4 nitrogen and oxygen atoms in total. The summed E-state index contributed by atoms with van der Waals surface area (Å²) in [5.41, 5.74) is 1.34. The molecular weight excluding hydrogens is 288 g/mol. The fourth-order valence-electron chi connectivity index (χ4n) is 4.17. The number of benzene rings is 1. The number of ether oxygens (including phenoxy) is 1. The Labute approximate surface area is 138 Å². The number of hydrogen-bond acceptors (Lipinski definition) is 4. The maximum atomic E-state index is 11.2. The van der Waals surface area contributed by atoms with Crippen LogP contribution in [0.1, 0.15) is 37.3 Å². The summed E-state index contributed by atoms with van der Waals surface area (Å²) in [6.45, 7) is 6.41. The third kappa shape index (κ3) is 3.58. The van der Waals surface area contributed by atoms with E-state index in [4.69, 9.17) is 10.00 Å². The second-order valence-electron chi connectivity index (χ2n) is 7.08. The number of nitriles is 1. The highest BCUT2D eigenvalue weighted by molar-refractivity contribution is 5.32. The zero-order valence-electron chi connectivity index (χ0n) is 13.9. The molecule has 1 N–H and O–H groups in total. The normalized spacial score (nSPS) is 30.0. The minimum atomic E-state index is -0.547. The lowest BCUT2D eigenvalue weighted by molar-refractivity contribution is -0.131. The average molecular weight is 314 g/mol. The van der Waals surface area contributed by atoms with Gasteiger partial charge in [-0.1, -0.05) is 19.1 Å². The van der Waals surface area contributed by atoms with Gasteiger partial charge in [-0.2, -0.15) is 5.26 Å². The number of nitrogens with zero attached hydrogens (tertiary/aromatic N) is 2. The summed E-state index contributed by atoms with van der Waals surface area (Å²) in [4.78, 5) is 2.40. The van der Waals surface area contributed by atoms with E-state index >= 15 is 0 Å². The summed E-state index contributed by atoms with van der Waals surface area (Å²) in [5.74, 6) is 0.633. The standard InChI is InChI=1S/C19H26N2O2/c1-15-13-21(14-17-4-2-3-16(11-17)12-20)8-7-19(15,22)18-5-9-23-10-6-18/h2-4,11,15,18,22H,5-10,13-14H2,1H3/t15-,19+/m1/s1. The highest BCUT2D eigenvalue weighted by Crippen LogP contribution is 2.39. The van der Waals surface area contributed by atoms with Crippen molar-refractivity contribution >= 4 is 0 Å². The molecule has 4 heteroatoms.